The van der Waals surface area contributed by atoms with Gasteiger partial charge in [0.15, 0.2) is 5.76 Å². The summed E-state index contributed by atoms with van der Waals surface area (Å²) in [6, 6.07) is 3.88. The van der Waals surface area contributed by atoms with Crippen molar-refractivity contribution in [3.63, 3.8) is 0 Å². The lowest BCUT2D eigenvalue weighted by atomic mass is 10.3. The van der Waals surface area contributed by atoms with Gasteiger partial charge in [0.1, 0.15) is 11.3 Å². The van der Waals surface area contributed by atoms with E-state index in [9.17, 15) is 0 Å². The molecule has 0 bridgehead atoms. The zero-order valence-electron chi connectivity index (χ0n) is 10.5. The highest BCUT2D eigenvalue weighted by Gasteiger charge is 2.12. The average molecular weight is 277 g/mol. The maximum atomic E-state index is 5.84. The summed E-state index contributed by atoms with van der Waals surface area (Å²) in [5.41, 5.74) is 2.78. The van der Waals surface area contributed by atoms with E-state index in [-0.39, 0.29) is 0 Å². The highest BCUT2D eigenvalue weighted by atomic mass is 35.5. The van der Waals surface area contributed by atoms with Crippen molar-refractivity contribution in [1.29, 1.82) is 0 Å². The lowest BCUT2D eigenvalue weighted by Gasteiger charge is -2.05. The van der Waals surface area contributed by atoms with E-state index in [1.807, 2.05) is 19.1 Å². The number of aromatic nitrogens is 4. The molecule has 0 N–H and O–H groups in total. The van der Waals surface area contributed by atoms with Crippen LogP contribution in [0.25, 0.3) is 11.0 Å². The highest BCUT2D eigenvalue weighted by Crippen LogP contribution is 2.18. The van der Waals surface area contributed by atoms with Crippen LogP contribution in [0.5, 0.6) is 0 Å². The molecular weight excluding hydrogens is 264 g/mol. The quantitative estimate of drug-likeness (QED) is 0.687. The van der Waals surface area contributed by atoms with Gasteiger partial charge < -0.3 is 9.09 Å². The lowest BCUT2D eigenvalue weighted by Crippen LogP contribution is -2.05. The summed E-state index contributed by atoms with van der Waals surface area (Å²) in [6.07, 6.45) is 4.23. The molecule has 98 valence electrons. The van der Waals surface area contributed by atoms with Gasteiger partial charge in [-0.05, 0) is 13.0 Å². The Balaban J connectivity index is 2.06. The molecule has 3 aromatic rings. The van der Waals surface area contributed by atoms with E-state index in [1.165, 1.54) is 0 Å². The first-order chi connectivity index (χ1) is 9.28. The smallest absolute Gasteiger partial charge is 0.156 e. The zero-order valence-corrected chi connectivity index (χ0v) is 11.3. The number of pyridine rings is 1. The number of alkyl halides is 1. The van der Waals surface area contributed by atoms with Gasteiger partial charge in [-0.15, -0.1) is 11.6 Å². The third-order valence-corrected chi connectivity index (χ3v) is 3.13. The molecule has 5 nitrogen and oxygen atoms in total. The minimum absolute atomic E-state index is 0.534. The molecule has 19 heavy (non-hydrogen) atoms. The normalized spacial score (nSPS) is 11.3. The molecule has 0 spiro atoms. The van der Waals surface area contributed by atoms with Crippen LogP contribution in [0.15, 0.2) is 29.0 Å². The summed E-state index contributed by atoms with van der Waals surface area (Å²) < 4.78 is 7.37. The van der Waals surface area contributed by atoms with Crippen molar-refractivity contribution in [2.45, 2.75) is 19.9 Å². The SMILES string of the molecule is Cc1cc(Cn2c(CCCl)nc3cnccc32)on1. The molecule has 6 heteroatoms. The predicted molar refractivity (Wildman–Crippen MR) is 72.3 cm³/mol. The van der Waals surface area contributed by atoms with Gasteiger partial charge in [0.2, 0.25) is 0 Å². The summed E-state index contributed by atoms with van der Waals surface area (Å²) in [4.78, 5) is 8.65. The van der Waals surface area contributed by atoms with Crippen molar-refractivity contribution in [3.05, 3.63) is 41.8 Å². The Morgan fingerprint density at radius 1 is 1.42 bits per heavy atom. The number of fused-ring (bicyclic) bond motifs is 1. The molecule has 0 aliphatic carbocycles. The fourth-order valence-electron chi connectivity index (χ4n) is 2.13. The minimum Gasteiger partial charge on any atom is -0.359 e. The monoisotopic (exact) mass is 276 g/mol. The van der Waals surface area contributed by atoms with Crippen LogP contribution in [0.4, 0.5) is 0 Å². The van der Waals surface area contributed by atoms with E-state index in [0.29, 0.717) is 18.8 Å². The van der Waals surface area contributed by atoms with Crippen molar-refractivity contribution in [2.75, 3.05) is 5.88 Å². The van der Waals surface area contributed by atoms with Crippen LogP contribution >= 0.6 is 11.6 Å². The Bertz CT molecular complexity index is 704. The first-order valence-electron chi connectivity index (χ1n) is 6.05. The zero-order chi connectivity index (χ0) is 13.2. The van der Waals surface area contributed by atoms with Gasteiger partial charge in [0, 0.05) is 24.6 Å². The molecule has 3 heterocycles. The topological polar surface area (TPSA) is 56.7 Å². The maximum Gasteiger partial charge on any atom is 0.156 e. The first-order valence-corrected chi connectivity index (χ1v) is 6.58. The summed E-state index contributed by atoms with van der Waals surface area (Å²) >= 11 is 5.84. The molecule has 3 aromatic heterocycles. The fourth-order valence-corrected chi connectivity index (χ4v) is 2.30. The number of imidazole rings is 1. The number of halogens is 1. The first kappa shape index (κ1) is 12.2. The van der Waals surface area contributed by atoms with Crippen molar-refractivity contribution >= 4 is 22.6 Å². The fraction of sp³-hybridized carbons (Fsp3) is 0.308. The predicted octanol–water partition coefficient (Wildman–Crippen LogP) is 2.56. The Morgan fingerprint density at radius 3 is 3.05 bits per heavy atom. The molecular formula is C13H13ClN4O. The Kier molecular flexibility index (Phi) is 3.21. The summed E-state index contributed by atoms with van der Waals surface area (Å²) in [5.74, 6) is 2.28. The van der Waals surface area contributed by atoms with E-state index < -0.39 is 0 Å². The van der Waals surface area contributed by atoms with E-state index in [2.05, 4.69) is 19.7 Å². The second kappa shape index (κ2) is 5.01. The van der Waals surface area contributed by atoms with Crippen LogP contribution < -0.4 is 0 Å². The molecule has 0 saturated heterocycles. The second-order valence-electron chi connectivity index (χ2n) is 4.35. The van der Waals surface area contributed by atoms with Crippen LogP contribution in [0.3, 0.4) is 0 Å². The van der Waals surface area contributed by atoms with Gasteiger partial charge >= 0.3 is 0 Å². The number of hydrogen-bond acceptors (Lipinski definition) is 4. The highest BCUT2D eigenvalue weighted by molar-refractivity contribution is 6.17. The number of rotatable bonds is 4. The second-order valence-corrected chi connectivity index (χ2v) is 4.73. The number of nitrogens with zero attached hydrogens (tertiary/aromatic N) is 4. The standard InChI is InChI=1S/C13H13ClN4O/c1-9-6-10(19-17-9)8-18-12-3-5-15-7-11(12)16-13(18)2-4-14/h3,5-7H,2,4,8H2,1H3. The molecule has 3 rings (SSSR count). The minimum atomic E-state index is 0.534. The summed E-state index contributed by atoms with van der Waals surface area (Å²) in [7, 11) is 0. The van der Waals surface area contributed by atoms with E-state index in [4.69, 9.17) is 16.1 Å². The molecule has 0 aromatic carbocycles. The van der Waals surface area contributed by atoms with E-state index in [1.54, 1.807) is 12.4 Å². The maximum absolute atomic E-state index is 5.84. The molecule has 0 radical (unpaired) electrons. The molecule has 0 fully saturated rings. The average Bonchev–Trinajstić information content (AvgIpc) is 2.96. The van der Waals surface area contributed by atoms with Gasteiger partial charge in [0.25, 0.3) is 0 Å². The van der Waals surface area contributed by atoms with Gasteiger partial charge in [-0.3, -0.25) is 4.98 Å². The number of hydrogen-bond donors (Lipinski definition) is 0. The molecule has 0 amide bonds. The van der Waals surface area contributed by atoms with Gasteiger partial charge in [-0.2, -0.15) is 0 Å². The van der Waals surface area contributed by atoms with Crippen molar-refractivity contribution in [1.82, 2.24) is 19.7 Å². The third-order valence-electron chi connectivity index (χ3n) is 2.94. The molecule has 0 aliphatic rings. The molecule has 0 atom stereocenters. The van der Waals surface area contributed by atoms with Gasteiger partial charge in [0.05, 0.1) is 24.0 Å². The Morgan fingerprint density at radius 2 is 2.32 bits per heavy atom. The third kappa shape index (κ3) is 2.33. The Labute approximate surface area is 115 Å². The van der Waals surface area contributed by atoms with Crippen molar-refractivity contribution in [3.8, 4) is 0 Å². The van der Waals surface area contributed by atoms with Crippen LogP contribution in [0.2, 0.25) is 0 Å². The number of aryl methyl sites for hydroxylation is 2. The summed E-state index contributed by atoms with van der Waals surface area (Å²) in [6.45, 7) is 2.51. The Hall–Kier alpha value is -1.88. The van der Waals surface area contributed by atoms with Crippen LogP contribution in [0.1, 0.15) is 17.3 Å². The van der Waals surface area contributed by atoms with E-state index in [0.717, 1.165) is 28.3 Å². The lowest BCUT2D eigenvalue weighted by molar-refractivity contribution is 0.373. The van der Waals surface area contributed by atoms with Crippen LogP contribution in [-0.4, -0.2) is 25.6 Å². The van der Waals surface area contributed by atoms with Gasteiger partial charge in [-0.25, -0.2) is 4.98 Å². The van der Waals surface area contributed by atoms with Crippen LogP contribution in [-0.2, 0) is 13.0 Å². The summed E-state index contributed by atoms with van der Waals surface area (Å²) in [5, 5.41) is 3.91. The molecule has 0 saturated carbocycles. The van der Waals surface area contributed by atoms with E-state index >= 15 is 0 Å². The van der Waals surface area contributed by atoms with Gasteiger partial charge in [-0.1, -0.05) is 5.16 Å². The van der Waals surface area contributed by atoms with Crippen molar-refractivity contribution < 1.29 is 4.52 Å². The van der Waals surface area contributed by atoms with Crippen LogP contribution in [0, 0.1) is 6.92 Å². The largest absolute Gasteiger partial charge is 0.359 e. The molecule has 0 aliphatic heterocycles. The molecule has 0 unspecified atom stereocenters. The van der Waals surface area contributed by atoms with Crippen molar-refractivity contribution in [2.24, 2.45) is 0 Å².